The Hall–Kier alpha value is -1.86. The minimum Gasteiger partial charge on any atom is -0.373 e. The Morgan fingerprint density at radius 2 is 1.83 bits per heavy atom. The predicted molar refractivity (Wildman–Crippen MR) is 81.3 cm³/mol. The molecule has 2 aromatic rings. The van der Waals surface area contributed by atoms with Crippen LogP contribution in [0.1, 0.15) is 17.9 Å². The number of halogens is 4. The van der Waals surface area contributed by atoms with Gasteiger partial charge in [0.1, 0.15) is 23.7 Å². The van der Waals surface area contributed by atoms with E-state index in [-0.39, 0.29) is 22.1 Å². The van der Waals surface area contributed by atoms with Crippen molar-refractivity contribution < 1.29 is 23.1 Å². The van der Waals surface area contributed by atoms with Crippen molar-refractivity contribution in [2.24, 2.45) is 0 Å². The van der Waals surface area contributed by atoms with Crippen LogP contribution in [-0.4, -0.2) is 17.2 Å². The van der Waals surface area contributed by atoms with Crippen molar-refractivity contribution >= 4 is 27.5 Å². The maximum Gasteiger partial charge on any atom is 0.236 e. The molecule has 3 nitrogen and oxygen atoms in total. The summed E-state index contributed by atoms with van der Waals surface area (Å²) in [6.45, 7) is 0. The number of nitrogens with zero attached hydrogens (tertiary/aromatic N) is 1. The van der Waals surface area contributed by atoms with Crippen LogP contribution in [0.15, 0.2) is 40.9 Å². The molecule has 7 heteroatoms. The molecule has 1 amide bonds. The quantitative estimate of drug-likeness (QED) is 0.855. The summed E-state index contributed by atoms with van der Waals surface area (Å²) in [6.07, 6.45) is -1.34. The van der Waals surface area contributed by atoms with E-state index in [2.05, 4.69) is 15.9 Å². The highest BCUT2D eigenvalue weighted by molar-refractivity contribution is 9.10. The van der Waals surface area contributed by atoms with Gasteiger partial charge in [-0.1, -0.05) is 0 Å². The van der Waals surface area contributed by atoms with Crippen LogP contribution in [0.2, 0.25) is 0 Å². The van der Waals surface area contributed by atoms with E-state index in [9.17, 15) is 23.1 Å². The molecule has 1 fully saturated rings. The zero-order valence-electron chi connectivity index (χ0n) is 11.6. The van der Waals surface area contributed by atoms with Gasteiger partial charge < -0.3 is 5.11 Å². The van der Waals surface area contributed by atoms with Gasteiger partial charge in [0.05, 0.1) is 10.4 Å². The second kappa shape index (κ2) is 5.98. The average molecular weight is 386 g/mol. The highest BCUT2D eigenvalue weighted by Gasteiger charge is 2.41. The van der Waals surface area contributed by atoms with E-state index in [4.69, 9.17) is 0 Å². The van der Waals surface area contributed by atoms with Crippen LogP contribution in [-0.2, 0) is 4.79 Å². The molecule has 0 saturated carbocycles. The number of hydrogen-bond donors (Lipinski definition) is 1. The Morgan fingerprint density at radius 3 is 2.52 bits per heavy atom. The molecular formula is C16H11BrF3NO2. The van der Waals surface area contributed by atoms with E-state index in [1.165, 1.54) is 12.1 Å². The lowest BCUT2D eigenvalue weighted by molar-refractivity contribution is -0.118. The van der Waals surface area contributed by atoms with Gasteiger partial charge in [0.15, 0.2) is 0 Å². The Balaban J connectivity index is 1.98. The Labute approximate surface area is 138 Å². The topological polar surface area (TPSA) is 40.5 Å². The number of benzene rings is 2. The molecule has 1 aliphatic heterocycles. The SMILES string of the molecule is O=C1C(c2cc(F)ccc2F)CC(O)N1c1ccc(Br)c(F)c1. The summed E-state index contributed by atoms with van der Waals surface area (Å²) >= 11 is 3.00. The van der Waals surface area contributed by atoms with Gasteiger partial charge in [-0.3, -0.25) is 9.69 Å². The zero-order valence-corrected chi connectivity index (χ0v) is 13.2. The van der Waals surface area contributed by atoms with Crippen LogP contribution in [0, 0.1) is 17.5 Å². The number of aliphatic hydroxyl groups is 1. The monoisotopic (exact) mass is 385 g/mol. The van der Waals surface area contributed by atoms with Crippen molar-refractivity contribution in [3.8, 4) is 0 Å². The second-order valence-electron chi connectivity index (χ2n) is 5.24. The van der Waals surface area contributed by atoms with Crippen LogP contribution in [0.4, 0.5) is 18.9 Å². The summed E-state index contributed by atoms with van der Waals surface area (Å²) in [5.41, 5.74) is 0.0386. The largest absolute Gasteiger partial charge is 0.373 e. The average Bonchev–Trinajstić information content (AvgIpc) is 2.79. The van der Waals surface area contributed by atoms with Gasteiger partial charge in [0.25, 0.3) is 0 Å². The Bertz CT molecular complexity index is 784. The number of carbonyl (C=O) groups excluding carboxylic acids is 1. The van der Waals surface area contributed by atoms with E-state index in [1.54, 1.807) is 0 Å². The van der Waals surface area contributed by atoms with Crippen molar-refractivity contribution in [2.75, 3.05) is 4.90 Å². The molecular weight excluding hydrogens is 375 g/mol. The number of rotatable bonds is 2. The molecule has 0 aromatic heterocycles. The number of amides is 1. The molecule has 120 valence electrons. The van der Waals surface area contributed by atoms with Gasteiger partial charge in [-0.25, -0.2) is 13.2 Å². The van der Waals surface area contributed by atoms with Crippen molar-refractivity contribution in [2.45, 2.75) is 18.6 Å². The van der Waals surface area contributed by atoms with Crippen LogP contribution in [0.5, 0.6) is 0 Å². The first kappa shape index (κ1) is 16.0. The molecule has 2 unspecified atom stereocenters. The lowest BCUT2D eigenvalue weighted by atomic mass is 9.96. The van der Waals surface area contributed by atoms with Crippen LogP contribution in [0.25, 0.3) is 0 Å². The summed E-state index contributed by atoms with van der Waals surface area (Å²) in [7, 11) is 0. The maximum absolute atomic E-state index is 13.9. The number of hydrogen-bond acceptors (Lipinski definition) is 2. The molecule has 1 heterocycles. The number of anilines is 1. The molecule has 3 rings (SSSR count). The van der Waals surface area contributed by atoms with E-state index < -0.39 is 35.5 Å². The minimum absolute atomic E-state index is 0.100. The molecule has 2 aromatic carbocycles. The van der Waals surface area contributed by atoms with Crippen LogP contribution < -0.4 is 4.90 Å². The smallest absolute Gasteiger partial charge is 0.236 e. The standard InChI is InChI=1S/C16H11BrF3NO2/c17-12-3-2-9(6-14(12)20)21-15(22)7-11(16(21)23)10-5-8(18)1-4-13(10)19/h1-6,11,15,22H,7H2. The highest BCUT2D eigenvalue weighted by atomic mass is 79.9. The van der Waals surface area contributed by atoms with Gasteiger partial charge in [-0.15, -0.1) is 0 Å². The summed E-state index contributed by atoms with van der Waals surface area (Å²) in [6, 6.07) is 6.79. The van der Waals surface area contributed by atoms with E-state index >= 15 is 0 Å². The third-order valence-electron chi connectivity index (χ3n) is 3.79. The fourth-order valence-electron chi connectivity index (χ4n) is 2.71. The molecule has 1 saturated heterocycles. The maximum atomic E-state index is 13.9. The van der Waals surface area contributed by atoms with E-state index in [0.29, 0.717) is 0 Å². The fraction of sp³-hybridized carbons (Fsp3) is 0.188. The molecule has 1 N–H and O–H groups in total. The van der Waals surface area contributed by atoms with Gasteiger partial charge in [-0.05, 0) is 52.3 Å². The van der Waals surface area contributed by atoms with Gasteiger partial charge in [-0.2, -0.15) is 0 Å². The van der Waals surface area contributed by atoms with Gasteiger partial charge in [0, 0.05) is 17.7 Å². The third-order valence-corrected chi connectivity index (χ3v) is 4.44. The molecule has 0 radical (unpaired) electrons. The summed E-state index contributed by atoms with van der Waals surface area (Å²) in [5, 5.41) is 10.1. The zero-order chi connectivity index (χ0) is 16.7. The normalized spacial score (nSPS) is 21.1. The van der Waals surface area contributed by atoms with Gasteiger partial charge in [0.2, 0.25) is 5.91 Å². The Kier molecular flexibility index (Phi) is 4.16. The highest BCUT2D eigenvalue weighted by Crippen LogP contribution is 2.37. The molecule has 2 atom stereocenters. The summed E-state index contributed by atoms with van der Waals surface area (Å²) < 4.78 is 41.1. The van der Waals surface area contributed by atoms with Crippen LogP contribution in [0.3, 0.4) is 0 Å². The van der Waals surface area contributed by atoms with Crippen molar-refractivity contribution in [1.82, 2.24) is 0 Å². The molecule has 0 bridgehead atoms. The van der Waals surface area contributed by atoms with Crippen molar-refractivity contribution in [3.63, 3.8) is 0 Å². The Morgan fingerprint density at radius 1 is 1.09 bits per heavy atom. The lowest BCUT2D eigenvalue weighted by Crippen LogP contribution is -2.33. The van der Waals surface area contributed by atoms with Crippen molar-refractivity contribution in [1.29, 1.82) is 0 Å². The van der Waals surface area contributed by atoms with E-state index in [1.807, 2.05) is 0 Å². The minimum atomic E-state index is -1.24. The number of aliphatic hydroxyl groups excluding tert-OH is 1. The van der Waals surface area contributed by atoms with E-state index in [0.717, 1.165) is 29.2 Å². The predicted octanol–water partition coefficient (Wildman–Crippen LogP) is 3.71. The van der Waals surface area contributed by atoms with Crippen molar-refractivity contribution in [3.05, 3.63) is 63.9 Å². The van der Waals surface area contributed by atoms with Crippen LogP contribution >= 0.6 is 15.9 Å². The summed E-state index contributed by atoms with van der Waals surface area (Å²) in [5.74, 6) is -3.61. The molecule has 0 spiro atoms. The lowest BCUT2D eigenvalue weighted by Gasteiger charge is -2.21. The fourth-order valence-corrected chi connectivity index (χ4v) is 2.95. The second-order valence-corrected chi connectivity index (χ2v) is 6.10. The molecule has 23 heavy (non-hydrogen) atoms. The number of carbonyl (C=O) groups is 1. The molecule has 1 aliphatic rings. The first-order chi connectivity index (χ1) is 10.9. The first-order valence-electron chi connectivity index (χ1n) is 6.79. The third kappa shape index (κ3) is 2.86. The first-order valence-corrected chi connectivity index (χ1v) is 7.59. The molecule has 0 aliphatic carbocycles. The summed E-state index contributed by atoms with van der Waals surface area (Å²) in [4.78, 5) is 13.5. The van der Waals surface area contributed by atoms with Gasteiger partial charge >= 0.3 is 0 Å².